The molecule has 0 atom stereocenters. The van der Waals surface area contributed by atoms with Gasteiger partial charge in [-0.15, -0.1) is 0 Å². The van der Waals surface area contributed by atoms with Gasteiger partial charge in [-0.25, -0.2) is 0 Å². The molecule has 0 unspecified atom stereocenters. The molecule has 3 N–H and O–H groups in total. The first kappa shape index (κ1) is 18.7. The number of nitro benzene ring substituents is 1. The van der Waals surface area contributed by atoms with E-state index in [9.17, 15) is 19.7 Å². The second-order valence-electron chi connectivity index (χ2n) is 5.26. The lowest BCUT2D eigenvalue weighted by Gasteiger charge is -2.06. The third kappa shape index (κ3) is 6.08. The minimum atomic E-state index is -0.496. The molecule has 0 aliphatic heterocycles. The van der Waals surface area contributed by atoms with Gasteiger partial charge in [0, 0.05) is 23.9 Å². The van der Waals surface area contributed by atoms with Crippen LogP contribution in [0.2, 0.25) is 0 Å². The van der Waals surface area contributed by atoms with Gasteiger partial charge < -0.3 is 15.8 Å². The summed E-state index contributed by atoms with van der Waals surface area (Å²) in [6.07, 6.45) is 2.90. The van der Waals surface area contributed by atoms with Crippen molar-refractivity contribution >= 4 is 29.3 Å². The van der Waals surface area contributed by atoms with Crippen molar-refractivity contribution in [3.63, 3.8) is 0 Å². The van der Waals surface area contributed by atoms with Crippen molar-refractivity contribution in [3.8, 4) is 5.75 Å². The Labute approximate surface area is 149 Å². The molecule has 8 nitrogen and oxygen atoms in total. The lowest BCUT2D eigenvalue weighted by atomic mass is 10.2. The highest BCUT2D eigenvalue weighted by atomic mass is 16.6. The normalized spacial score (nSPS) is 10.5. The monoisotopic (exact) mass is 355 g/mol. The van der Waals surface area contributed by atoms with Crippen molar-refractivity contribution in [2.75, 3.05) is 11.9 Å². The maximum Gasteiger partial charge on any atom is 0.270 e. The smallest absolute Gasteiger partial charge is 0.270 e. The van der Waals surface area contributed by atoms with Crippen molar-refractivity contribution in [2.45, 2.75) is 6.42 Å². The zero-order valence-electron chi connectivity index (χ0n) is 13.8. The molecule has 0 heterocycles. The Morgan fingerprint density at radius 3 is 2.58 bits per heavy atom. The number of non-ortho nitro benzene ring substituents is 1. The van der Waals surface area contributed by atoms with Crippen molar-refractivity contribution in [2.24, 2.45) is 5.73 Å². The van der Waals surface area contributed by atoms with Gasteiger partial charge in [0.1, 0.15) is 5.75 Å². The summed E-state index contributed by atoms with van der Waals surface area (Å²) in [5.74, 6) is -0.264. The van der Waals surface area contributed by atoms with E-state index in [0.717, 1.165) is 0 Å². The molecule has 0 saturated heterocycles. The first-order valence-electron chi connectivity index (χ1n) is 7.69. The quantitative estimate of drug-likeness (QED) is 0.427. The van der Waals surface area contributed by atoms with Gasteiger partial charge in [-0.3, -0.25) is 19.7 Å². The number of ether oxygens (including phenoxy) is 1. The molecular formula is C18H17N3O5. The van der Waals surface area contributed by atoms with Gasteiger partial charge >= 0.3 is 0 Å². The summed E-state index contributed by atoms with van der Waals surface area (Å²) in [5.41, 5.74) is 6.09. The first-order chi connectivity index (χ1) is 12.4. The fourth-order valence-electron chi connectivity index (χ4n) is 2.00. The molecule has 26 heavy (non-hydrogen) atoms. The van der Waals surface area contributed by atoms with Gasteiger partial charge in [0.25, 0.3) is 5.69 Å². The van der Waals surface area contributed by atoms with Crippen molar-refractivity contribution < 1.29 is 19.2 Å². The standard InChI is InChI=1S/C18H17N3O5/c19-17(22)10-11-26-16-7-5-14(6-8-16)20-18(23)9-4-13-2-1-3-15(12-13)21(24)25/h1-9,12H,10-11H2,(H2,19,22)(H,20,23). The van der Waals surface area contributed by atoms with Gasteiger partial charge in [-0.2, -0.15) is 0 Å². The fourth-order valence-corrected chi connectivity index (χ4v) is 2.00. The minimum absolute atomic E-state index is 0.0421. The lowest BCUT2D eigenvalue weighted by molar-refractivity contribution is -0.384. The maximum atomic E-state index is 11.9. The van der Waals surface area contributed by atoms with Crippen LogP contribution in [-0.4, -0.2) is 23.3 Å². The highest BCUT2D eigenvalue weighted by molar-refractivity contribution is 6.01. The molecule has 8 heteroatoms. The number of nitro groups is 1. The van der Waals surface area contributed by atoms with Gasteiger partial charge in [-0.05, 0) is 35.9 Å². The molecule has 0 aromatic heterocycles. The SMILES string of the molecule is NC(=O)CCOc1ccc(NC(=O)C=Cc2cccc([N+](=O)[O-])c2)cc1. The Hall–Kier alpha value is -3.68. The predicted molar refractivity (Wildman–Crippen MR) is 96.5 cm³/mol. The molecule has 0 aliphatic carbocycles. The van der Waals surface area contributed by atoms with Crippen LogP contribution >= 0.6 is 0 Å². The van der Waals surface area contributed by atoms with Crippen molar-refractivity contribution in [1.29, 1.82) is 0 Å². The van der Waals surface area contributed by atoms with Crippen molar-refractivity contribution in [3.05, 3.63) is 70.3 Å². The van der Waals surface area contributed by atoms with Crippen molar-refractivity contribution in [1.82, 2.24) is 0 Å². The number of nitrogens with two attached hydrogens (primary N) is 1. The molecule has 0 spiro atoms. The molecular weight excluding hydrogens is 338 g/mol. The van der Waals surface area contributed by atoms with Gasteiger partial charge in [-0.1, -0.05) is 12.1 Å². The van der Waals surface area contributed by atoms with E-state index in [2.05, 4.69) is 5.32 Å². The van der Waals surface area contributed by atoms with Crippen LogP contribution in [-0.2, 0) is 9.59 Å². The Morgan fingerprint density at radius 1 is 1.19 bits per heavy atom. The van der Waals surface area contributed by atoms with Crippen LogP contribution in [0.1, 0.15) is 12.0 Å². The van der Waals surface area contributed by atoms with Crippen LogP contribution < -0.4 is 15.8 Å². The number of nitrogens with one attached hydrogen (secondary N) is 1. The topological polar surface area (TPSA) is 125 Å². The number of hydrogen-bond acceptors (Lipinski definition) is 5. The number of rotatable bonds is 8. The number of carbonyl (C=O) groups excluding carboxylic acids is 2. The van der Waals surface area contributed by atoms with E-state index in [1.165, 1.54) is 24.3 Å². The zero-order chi connectivity index (χ0) is 18.9. The van der Waals surface area contributed by atoms with E-state index >= 15 is 0 Å². The second-order valence-corrected chi connectivity index (χ2v) is 5.26. The number of benzene rings is 2. The average Bonchev–Trinajstić information content (AvgIpc) is 2.61. The molecule has 0 bridgehead atoms. The first-order valence-corrected chi connectivity index (χ1v) is 7.69. The van der Waals surface area contributed by atoms with E-state index in [4.69, 9.17) is 10.5 Å². The summed E-state index contributed by atoms with van der Waals surface area (Å²) >= 11 is 0. The third-order valence-electron chi connectivity index (χ3n) is 3.25. The lowest BCUT2D eigenvalue weighted by Crippen LogP contribution is -2.14. The number of nitrogens with zero attached hydrogens (tertiary/aromatic N) is 1. The number of hydrogen-bond donors (Lipinski definition) is 2. The van der Waals surface area contributed by atoms with Crippen LogP contribution in [0.25, 0.3) is 6.08 Å². The van der Waals surface area contributed by atoms with E-state index in [-0.39, 0.29) is 24.6 Å². The van der Waals surface area contributed by atoms with Crippen LogP contribution in [0.5, 0.6) is 5.75 Å². The number of amides is 2. The maximum absolute atomic E-state index is 11.9. The largest absolute Gasteiger partial charge is 0.493 e. The molecule has 0 fully saturated rings. The fraction of sp³-hybridized carbons (Fsp3) is 0.111. The predicted octanol–water partition coefficient (Wildman–Crippen LogP) is 2.50. The Balaban J connectivity index is 1.90. The molecule has 0 saturated carbocycles. The minimum Gasteiger partial charge on any atom is -0.493 e. The molecule has 2 amide bonds. The summed E-state index contributed by atoms with van der Waals surface area (Å²) in [5, 5.41) is 13.4. The Kier molecular flexibility index (Phi) is 6.44. The molecule has 0 aliphatic rings. The van der Waals surface area contributed by atoms with E-state index < -0.39 is 10.8 Å². The number of anilines is 1. The highest BCUT2D eigenvalue weighted by Crippen LogP contribution is 2.17. The summed E-state index contributed by atoms with van der Waals surface area (Å²) in [7, 11) is 0. The summed E-state index contributed by atoms with van der Waals surface area (Å²) < 4.78 is 5.33. The van der Waals surface area contributed by atoms with Crippen LogP contribution in [0.3, 0.4) is 0 Å². The van der Waals surface area contributed by atoms with E-state index in [1.807, 2.05) is 0 Å². The van der Waals surface area contributed by atoms with E-state index in [1.54, 1.807) is 36.4 Å². The summed E-state index contributed by atoms with van der Waals surface area (Å²) in [6, 6.07) is 12.6. The van der Waals surface area contributed by atoms with Gasteiger partial charge in [0.2, 0.25) is 11.8 Å². The average molecular weight is 355 g/mol. The van der Waals surface area contributed by atoms with Crippen LogP contribution in [0.4, 0.5) is 11.4 Å². The highest BCUT2D eigenvalue weighted by Gasteiger charge is 2.04. The molecule has 2 rings (SSSR count). The number of primary amides is 1. The Morgan fingerprint density at radius 2 is 1.92 bits per heavy atom. The summed E-state index contributed by atoms with van der Waals surface area (Å²) in [6.45, 7) is 0.187. The molecule has 134 valence electrons. The van der Waals surface area contributed by atoms with Crippen LogP contribution in [0.15, 0.2) is 54.6 Å². The molecule has 2 aromatic carbocycles. The molecule has 2 aromatic rings. The Bertz CT molecular complexity index is 831. The summed E-state index contributed by atoms with van der Waals surface area (Å²) in [4.78, 5) is 32.8. The van der Waals surface area contributed by atoms with E-state index in [0.29, 0.717) is 17.0 Å². The van der Waals surface area contributed by atoms with Gasteiger partial charge in [0.15, 0.2) is 0 Å². The third-order valence-corrected chi connectivity index (χ3v) is 3.25. The van der Waals surface area contributed by atoms with Gasteiger partial charge in [0.05, 0.1) is 18.0 Å². The zero-order valence-corrected chi connectivity index (χ0v) is 13.8. The van der Waals surface area contributed by atoms with Crippen LogP contribution in [0, 0.1) is 10.1 Å². The second kappa shape index (κ2) is 8.97. The molecule has 0 radical (unpaired) electrons. The number of carbonyl (C=O) groups is 2.